The van der Waals surface area contributed by atoms with E-state index >= 15 is 0 Å². The fourth-order valence-electron chi connectivity index (χ4n) is 2.05. The molecule has 1 aliphatic heterocycles. The Balaban J connectivity index is 2.26. The van der Waals surface area contributed by atoms with Crippen LogP contribution in [0.2, 0.25) is 0 Å². The van der Waals surface area contributed by atoms with Gasteiger partial charge in [0.05, 0.1) is 6.54 Å². The number of nitrogens with one attached hydrogen (secondary N) is 1. The van der Waals surface area contributed by atoms with Crippen molar-refractivity contribution in [1.82, 2.24) is 15.1 Å². The quantitative estimate of drug-likeness (QED) is 0.590. The molecule has 0 aromatic carbocycles. The van der Waals surface area contributed by atoms with Crippen molar-refractivity contribution in [2.75, 3.05) is 40.3 Å². The Labute approximate surface area is 106 Å². The van der Waals surface area contributed by atoms with Gasteiger partial charge in [-0.25, -0.2) is 9.59 Å². The second kappa shape index (κ2) is 6.55. The summed E-state index contributed by atoms with van der Waals surface area (Å²) < 4.78 is 0. The molecule has 1 saturated heterocycles. The summed E-state index contributed by atoms with van der Waals surface area (Å²) in [5.41, 5.74) is 0. The first-order valence-electron chi connectivity index (χ1n) is 5.98. The minimum absolute atomic E-state index is 0.275. The molecule has 0 aromatic rings. The predicted octanol–water partition coefficient (Wildman–Crippen LogP) is -0.975. The van der Waals surface area contributed by atoms with E-state index in [-0.39, 0.29) is 12.6 Å². The van der Waals surface area contributed by atoms with Gasteiger partial charge >= 0.3 is 12.0 Å². The smallest absolute Gasteiger partial charge is 0.334 e. The fraction of sp³-hybridized carbons (Fsp3) is 0.818. The minimum Gasteiger partial charge on any atom is -0.479 e. The molecule has 1 rings (SSSR count). The summed E-state index contributed by atoms with van der Waals surface area (Å²) in [5.74, 6) is -0.884. The maximum absolute atomic E-state index is 11.6. The highest BCUT2D eigenvalue weighted by Crippen LogP contribution is 2.14. The number of aliphatic hydroxyl groups excluding tert-OH is 1. The zero-order chi connectivity index (χ0) is 13.7. The Hall–Kier alpha value is -1.34. The topological polar surface area (TPSA) is 93.1 Å². The Morgan fingerprint density at radius 3 is 2.72 bits per heavy atom. The zero-order valence-electron chi connectivity index (χ0n) is 10.8. The van der Waals surface area contributed by atoms with Crippen LogP contribution in [0.5, 0.6) is 0 Å². The second-order valence-electron chi connectivity index (χ2n) is 4.84. The van der Waals surface area contributed by atoms with Gasteiger partial charge in [0, 0.05) is 20.1 Å². The molecule has 18 heavy (non-hydrogen) atoms. The van der Waals surface area contributed by atoms with E-state index < -0.39 is 12.1 Å². The molecule has 1 fully saturated rings. The van der Waals surface area contributed by atoms with Crippen LogP contribution >= 0.6 is 0 Å². The molecule has 0 bridgehead atoms. The lowest BCUT2D eigenvalue weighted by molar-refractivity contribution is -0.146. The number of urea groups is 1. The molecule has 0 radical (unpaired) electrons. The Bertz CT molecular complexity index is 311. The van der Waals surface area contributed by atoms with E-state index in [2.05, 4.69) is 10.2 Å². The van der Waals surface area contributed by atoms with Crippen LogP contribution in [0, 0.1) is 5.92 Å². The lowest BCUT2D eigenvalue weighted by Gasteiger charge is -2.22. The molecule has 1 aliphatic rings. The van der Waals surface area contributed by atoms with Crippen LogP contribution in [0.15, 0.2) is 0 Å². The van der Waals surface area contributed by atoms with E-state index in [0.717, 1.165) is 19.5 Å². The van der Waals surface area contributed by atoms with Crippen LogP contribution in [0.1, 0.15) is 6.42 Å². The number of likely N-dealkylation sites (tertiary alicyclic amines) is 1. The Morgan fingerprint density at radius 1 is 1.56 bits per heavy atom. The van der Waals surface area contributed by atoms with E-state index in [1.807, 2.05) is 7.05 Å². The lowest BCUT2D eigenvalue weighted by atomic mass is 10.1. The van der Waals surface area contributed by atoms with Gasteiger partial charge in [0.15, 0.2) is 6.10 Å². The highest BCUT2D eigenvalue weighted by atomic mass is 16.4. The van der Waals surface area contributed by atoms with Gasteiger partial charge in [-0.3, -0.25) is 0 Å². The Morgan fingerprint density at radius 2 is 2.22 bits per heavy atom. The first-order valence-corrected chi connectivity index (χ1v) is 5.98. The average molecular weight is 259 g/mol. The number of carbonyl (C=O) groups is 2. The molecule has 1 heterocycles. The molecule has 0 aliphatic carbocycles. The molecule has 7 nitrogen and oxygen atoms in total. The summed E-state index contributed by atoms with van der Waals surface area (Å²) >= 11 is 0. The molecule has 7 heteroatoms. The lowest BCUT2D eigenvalue weighted by Crippen LogP contribution is -2.44. The molecular formula is C11H21N3O4. The van der Waals surface area contributed by atoms with Gasteiger partial charge in [0.1, 0.15) is 0 Å². The molecule has 104 valence electrons. The van der Waals surface area contributed by atoms with Gasteiger partial charge < -0.3 is 25.3 Å². The first-order chi connectivity index (χ1) is 8.40. The van der Waals surface area contributed by atoms with E-state index in [1.54, 1.807) is 7.05 Å². The normalized spacial score (nSPS) is 21.6. The van der Waals surface area contributed by atoms with Crippen molar-refractivity contribution < 1.29 is 19.8 Å². The van der Waals surface area contributed by atoms with Crippen LogP contribution in [-0.2, 0) is 4.79 Å². The summed E-state index contributed by atoms with van der Waals surface area (Å²) in [4.78, 5) is 25.8. The average Bonchev–Trinajstić information content (AvgIpc) is 2.70. The highest BCUT2D eigenvalue weighted by molar-refractivity contribution is 5.76. The Kier molecular flexibility index (Phi) is 5.36. The summed E-state index contributed by atoms with van der Waals surface area (Å²) in [5, 5.41) is 19.9. The van der Waals surface area contributed by atoms with Crippen LogP contribution in [0.4, 0.5) is 4.79 Å². The predicted molar refractivity (Wildman–Crippen MR) is 65.3 cm³/mol. The SMILES string of the molecule is CN1CCC(CN(C)C(=O)NCC(O)C(=O)O)C1. The van der Waals surface area contributed by atoms with Crippen molar-refractivity contribution in [3.05, 3.63) is 0 Å². The molecule has 3 N–H and O–H groups in total. The summed E-state index contributed by atoms with van der Waals surface area (Å²) in [6, 6.07) is -0.357. The third kappa shape index (κ3) is 4.50. The number of carbonyl (C=O) groups excluding carboxylic acids is 1. The van der Waals surface area contributed by atoms with Crippen molar-refractivity contribution >= 4 is 12.0 Å². The van der Waals surface area contributed by atoms with Gasteiger partial charge in [0.2, 0.25) is 0 Å². The van der Waals surface area contributed by atoms with Crippen LogP contribution < -0.4 is 5.32 Å². The number of rotatable bonds is 5. The highest BCUT2D eigenvalue weighted by Gasteiger charge is 2.23. The monoisotopic (exact) mass is 259 g/mol. The molecule has 2 atom stereocenters. The van der Waals surface area contributed by atoms with Crippen molar-refractivity contribution in [3.8, 4) is 0 Å². The number of amides is 2. The number of carboxylic acids is 1. The standard InChI is InChI=1S/C11H21N3O4/c1-13-4-3-8(6-13)7-14(2)11(18)12-5-9(15)10(16)17/h8-9,15H,3-7H2,1-2H3,(H,12,18)(H,16,17). The molecule has 0 spiro atoms. The van der Waals surface area contributed by atoms with Crippen LogP contribution in [0.25, 0.3) is 0 Å². The van der Waals surface area contributed by atoms with E-state index in [1.165, 1.54) is 4.90 Å². The molecule has 2 unspecified atom stereocenters. The van der Waals surface area contributed by atoms with Gasteiger partial charge in [-0.1, -0.05) is 0 Å². The fourth-order valence-corrected chi connectivity index (χ4v) is 2.05. The van der Waals surface area contributed by atoms with E-state index in [4.69, 9.17) is 10.2 Å². The van der Waals surface area contributed by atoms with Gasteiger partial charge in [-0.15, -0.1) is 0 Å². The molecule has 0 aromatic heterocycles. The molecule has 2 amide bonds. The van der Waals surface area contributed by atoms with Crippen molar-refractivity contribution in [3.63, 3.8) is 0 Å². The van der Waals surface area contributed by atoms with Gasteiger partial charge in [0.25, 0.3) is 0 Å². The molecular weight excluding hydrogens is 238 g/mol. The number of aliphatic hydroxyl groups is 1. The van der Waals surface area contributed by atoms with Crippen molar-refractivity contribution in [1.29, 1.82) is 0 Å². The number of aliphatic carboxylic acids is 1. The van der Waals surface area contributed by atoms with Gasteiger partial charge in [-0.05, 0) is 25.9 Å². The van der Waals surface area contributed by atoms with Gasteiger partial charge in [-0.2, -0.15) is 0 Å². The summed E-state index contributed by atoms with van der Waals surface area (Å²) in [6.45, 7) is 2.37. The summed E-state index contributed by atoms with van der Waals surface area (Å²) in [6.07, 6.45) is -0.494. The second-order valence-corrected chi connectivity index (χ2v) is 4.84. The van der Waals surface area contributed by atoms with Crippen molar-refractivity contribution in [2.24, 2.45) is 5.92 Å². The third-order valence-electron chi connectivity index (χ3n) is 3.10. The van der Waals surface area contributed by atoms with Crippen LogP contribution in [-0.4, -0.2) is 78.4 Å². The zero-order valence-corrected chi connectivity index (χ0v) is 10.8. The maximum Gasteiger partial charge on any atom is 0.334 e. The third-order valence-corrected chi connectivity index (χ3v) is 3.10. The maximum atomic E-state index is 11.6. The minimum atomic E-state index is -1.56. The van der Waals surface area contributed by atoms with E-state index in [9.17, 15) is 9.59 Å². The number of hydrogen-bond donors (Lipinski definition) is 3. The van der Waals surface area contributed by atoms with E-state index in [0.29, 0.717) is 12.5 Å². The van der Waals surface area contributed by atoms with Crippen molar-refractivity contribution in [2.45, 2.75) is 12.5 Å². The number of carboxylic acid groups (broad SMARTS) is 1. The van der Waals surface area contributed by atoms with Crippen LogP contribution in [0.3, 0.4) is 0 Å². The molecule has 0 saturated carbocycles. The number of hydrogen-bond acceptors (Lipinski definition) is 4. The largest absolute Gasteiger partial charge is 0.479 e. The number of nitrogens with zero attached hydrogens (tertiary/aromatic N) is 2. The first kappa shape index (κ1) is 14.7. The summed E-state index contributed by atoms with van der Waals surface area (Å²) in [7, 11) is 3.71.